The Kier molecular flexibility index (Phi) is 6.47. The molecule has 13 heteroatoms. The van der Waals surface area contributed by atoms with E-state index in [1.165, 1.54) is 12.5 Å². The number of sulfonamides is 1. The Balaban J connectivity index is 1.99. The lowest BCUT2D eigenvalue weighted by molar-refractivity contribution is 0.578. The highest BCUT2D eigenvalue weighted by Crippen LogP contribution is 2.40. The second-order valence-electron chi connectivity index (χ2n) is 7.82. The summed E-state index contributed by atoms with van der Waals surface area (Å²) in [4.78, 5) is 1.27. The van der Waals surface area contributed by atoms with Crippen LogP contribution in [0.1, 0.15) is 19.3 Å². The number of hydrogen-bond donors (Lipinski definition) is 3. The van der Waals surface area contributed by atoms with Crippen LogP contribution >= 0.6 is 0 Å². The van der Waals surface area contributed by atoms with Gasteiger partial charge in [-0.2, -0.15) is 0 Å². The number of H-pyrrole nitrogens is 1. The van der Waals surface area contributed by atoms with Crippen LogP contribution in [0.2, 0.25) is 0 Å². The average Bonchev–Trinajstić information content (AvgIpc) is 3.33. The summed E-state index contributed by atoms with van der Waals surface area (Å²) in [7, 11) is -8.54. The fourth-order valence-corrected chi connectivity index (χ4v) is 6.88. The van der Waals surface area contributed by atoms with E-state index in [1.807, 2.05) is 24.3 Å². The van der Waals surface area contributed by atoms with E-state index >= 15 is 0 Å². The minimum atomic E-state index is -4.50. The summed E-state index contributed by atoms with van der Waals surface area (Å²) in [6.07, 6.45) is 3.39. The van der Waals surface area contributed by atoms with Gasteiger partial charge in [-0.25, -0.2) is 27.1 Å². The number of benzene rings is 2. The molecule has 33 heavy (non-hydrogen) atoms. The number of aromatic nitrogens is 4. The van der Waals surface area contributed by atoms with Crippen LogP contribution < -0.4 is 15.8 Å². The van der Waals surface area contributed by atoms with Crippen LogP contribution in [0.3, 0.4) is 0 Å². The van der Waals surface area contributed by atoms with Gasteiger partial charge in [-0.3, -0.25) is 0 Å². The number of nitrogens with two attached hydrogens (primary N) is 2. The average molecular weight is 492 g/mol. The van der Waals surface area contributed by atoms with Crippen molar-refractivity contribution in [2.75, 3.05) is 30.3 Å². The molecule has 0 aliphatic carbocycles. The molecular formula is C20H25N7O4S2. The van der Waals surface area contributed by atoms with Gasteiger partial charge in [0, 0.05) is 30.9 Å². The zero-order valence-corrected chi connectivity index (χ0v) is 19.4. The van der Waals surface area contributed by atoms with Crippen molar-refractivity contribution < 1.29 is 16.8 Å². The third-order valence-corrected chi connectivity index (χ3v) is 8.49. The smallest absolute Gasteiger partial charge is 0.240 e. The van der Waals surface area contributed by atoms with Gasteiger partial charge in [-0.1, -0.05) is 18.2 Å². The first kappa shape index (κ1) is 23.3. The van der Waals surface area contributed by atoms with Crippen LogP contribution in [0.4, 0.5) is 5.69 Å². The van der Waals surface area contributed by atoms with Crippen LogP contribution in [0, 0.1) is 0 Å². The number of anilines is 1. The van der Waals surface area contributed by atoms with Crippen molar-refractivity contribution in [1.29, 1.82) is 0 Å². The first-order valence-corrected chi connectivity index (χ1v) is 13.6. The molecule has 0 amide bonds. The third kappa shape index (κ3) is 4.76. The summed E-state index contributed by atoms with van der Waals surface area (Å²) >= 11 is 0. The maximum absolute atomic E-state index is 12.9. The molecule has 0 atom stereocenters. The molecule has 5 N–H and O–H groups in total. The minimum absolute atomic E-state index is 0.00334. The quantitative estimate of drug-likeness (QED) is 0.433. The number of aromatic amines is 1. The Morgan fingerprint density at radius 3 is 2.42 bits per heavy atom. The fourth-order valence-electron chi connectivity index (χ4n) is 4.12. The van der Waals surface area contributed by atoms with Crippen LogP contribution in [0.25, 0.3) is 22.5 Å². The van der Waals surface area contributed by atoms with Crippen molar-refractivity contribution in [3.05, 3.63) is 36.4 Å². The summed E-state index contributed by atoms with van der Waals surface area (Å²) < 4.78 is 51.1. The van der Waals surface area contributed by atoms with E-state index in [-0.39, 0.29) is 17.9 Å². The molecule has 11 nitrogen and oxygen atoms in total. The summed E-state index contributed by atoms with van der Waals surface area (Å²) in [5, 5.41) is 19.0. The molecule has 0 bridgehead atoms. The van der Waals surface area contributed by atoms with Gasteiger partial charge in [0.05, 0.1) is 10.6 Å². The molecule has 1 aromatic heterocycles. The number of tetrazole rings is 1. The Labute approximate surface area is 192 Å². The largest absolute Gasteiger partial charge is 0.372 e. The van der Waals surface area contributed by atoms with Crippen molar-refractivity contribution in [3.8, 4) is 22.5 Å². The van der Waals surface area contributed by atoms with Crippen molar-refractivity contribution in [3.63, 3.8) is 0 Å². The summed E-state index contributed by atoms with van der Waals surface area (Å²) in [6.45, 7) is 1.69. The first-order chi connectivity index (χ1) is 15.7. The van der Waals surface area contributed by atoms with Gasteiger partial charge in [0.1, 0.15) is 4.90 Å². The normalized spacial score (nSPS) is 15.0. The van der Waals surface area contributed by atoms with E-state index < -0.39 is 35.4 Å². The molecule has 1 aliphatic heterocycles. The molecule has 0 saturated carbocycles. The predicted molar refractivity (Wildman–Crippen MR) is 124 cm³/mol. The van der Waals surface area contributed by atoms with Crippen LogP contribution in [0.15, 0.2) is 46.2 Å². The molecule has 3 aromatic rings. The van der Waals surface area contributed by atoms with E-state index in [0.29, 0.717) is 11.1 Å². The Hall–Kier alpha value is -2.87. The van der Waals surface area contributed by atoms with Gasteiger partial charge in [0.25, 0.3) is 0 Å². The van der Waals surface area contributed by atoms with Gasteiger partial charge in [-0.05, 0) is 59.0 Å². The number of sulfone groups is 1. The monoisotopic (exact) mass is 491 g/mol. The Morgan fingerprint density at radius 2 is 1.79 bits per heavy atom. The number of rotatable bonds is 7. The van der Waals surface area contributed by atoms with Gasteiger partial charge < -0.3 is 10.6 Å². The lowest BCUT2D eigenvalue weighted by Crippen LogP contribution is -2.29. The van der Waals surface area contributed by atoms with E-state index in [2.05, 4.69) is 25.5 Å². The highest BCUT2D eigenvalue weighted by molar-refractivity contribution is 7.93. The SMILES string of the molecule is NCCS(=O)(=O)c1ccc(-c2cccc(N3CCCCC3)c2)c(-c2nnn[nH]2)c1S(N)(=O)=O. The summed E-state index contributed by atoms with van der Waals surface area (Å²) in [6, 6.07) is 10.4. The molecule has 2 heterocycles. The van der Waals surface area contributed by atoms with Gasteiger partial charge in [-0.15, -0.1) is 5.10 Å². The van der Waals surface area contributed by atoms with Gasteiger partial charge >= 0.3 is 0 Å². The molecule has 176 valence electrons. The van der Waals surface area contributed by atoms with Crippen LogP contribution in [-0.4, -0.2) is 62.8 Å². The third-order valence-electron chi connectivity index (χ3n) is 5.59. The lowest BCUT2D eigenvalue weighted by Gasteiger charge is -2.29. The molecule has 1 saturated heterocycles. The summed E-state index contributed by atoms with van der Waals surface area (Å²) in [5.74, 6) is -0.449. The molecule has 1 fully saturated rings. The maximum Gasteiger partial charge on any atom is 0.240 e. The van der Waals surface area contributed by atoms with E-state index in [4.69, 9.17) is 10.9 Å². The van der Waals surface area contributed by atoms with E-state index in [9.17, 15) is 16.8 Å². The minimum Gasteiger partial charge on any atom is -0.372 e. The molecule has 0 unspecified atom stereocenters. The highest BCUT2D eigenvalue weighted by atomic mass is 32.2. The van der Waals surface area contributed by atoms with Crippen molar-refractivity contribution >= 4 is 25.5 Å². The maximum atomic E-state index is 12.9. The lowest BCUT2D eigenvalue weighted by atomic mass is 9.98. The molecule has 4 rings (SSSR count). The van der Waals surface area contributed by atoms with Crippen molar-refractivity contribution in [1.82, 2.24) is 20.6 Å². The number of piperidine rings is 1. The van der Waals surface area contributed by atoms with Crippen LogP contribution in [0.5, 0.6) is 0 Å². The summed E-state index contributed by atoms with van der Waals surface area (Å²) in [5.41, 5.74) is 7.55. The van der Waals surface area contributed by atoms with Crippen LogP contribution in [-0.2, 0) is 19.9 Å². The fraction of sp³-hybridized carbons (Fsp3) is 0.350. The van der Waals surface area contributed by atoms with E-state index in [1.54, 1.807) is 6.07 Å². The number of nitrogens with zero attached hydrogens (tertiary/aromatic N) is 4. The molecule has 2 aromatic carbocycles. The first-order valence-electron chi connectivity index (χ1n) is 10.4. The topological polar surface area (TPSA) is 178 Å². The number of nitrogens with one attached hydrogen (secondary N) is 1. The molecule has 1 aliphatic rings. The zero-order chi connectivity index (χ0) is 23.6. The number of primary sulfonamides is 1. The van der Waals surface area contributed by atoms with E-state index in [0.717, 1.165) is 31.6 Å². The standard InChI is InChI=1S/C20H25N7O4S2/c21-9-12-32(28,29)17-8-7-16(18(19(17)33(22,30)31)20-23-25-26-24-20)14-5-4-6-15(13-14)27-10-2-1-3-11-27/h4-8,13H,1-3,9-12,21H2,(H2,22,30,31)(H,23,24,25,26). The second-order valence-corrected chi connectivity index (χ2v) is 11.4. The molecular weight excluding hydrogens is 466 g/mol. The second kappa shape index (κ2) is 9.17. The van der Waals surface area contributed by atoms with Crippen molar-refractivity contribution in [2.24, 2.45) is 10.9 Å². The number of hydrogen-bond acceptors (Lipinski definition) is 9. The highest BCUT2D eigenvalue weighted by Gasteiger charge is 2.31. The van der Waals surface area contributed by atoms with Gasteiger partial charge in [0.15, 0.2) is 15.7 Å². The Bertz CT molecular complexity index is 1350. The predicted octanol–water partition coefficient (Wildman–Crippen LogP) is 0.904. The van der Waals surface area contributed by atoms with Crippen molar-refractivity contribution in [2.45, 2.75) is 29.1 Å². The van der Waals surface area contributed by atoms with Gasteiger partial charge in [0.2, 0.25) is 10.0 Å². The Morgan fingerprint density at radius 1 is 1.03 bits per heavy atom. The zero-order valence-electron chi connectivity index (χ0n) is 17.8. The molecule has 0 radical (unpaired) electrons. The molecule has 0 spiro atoms.